The minimum atomic E-state index is -3.43. The Labute approximate surface area is 185 Å². The van der Waals surface area contributed by atoms with Crippen LogP contribution in [-0.2, 0) is 15.0 Å². The number of hydrogen-bond donors (Lipinski definition) is 1. The molecule has 1 aromatic rings. The lowest BCUT2D eigenvalue weighted by Crippen LogP contribution is -2.54. The third-order valence-electron chi connectivity index (χ3n) is 6.34. The fourth-order valence-electron chi connectivity index (χ4n) is 4.27. The van der Waals surface area contributed by atoms with E-state index in [0.29, 0.717) is 50.4 Å². The van der Waals surface area contributed by atoms with Crippen molar-refractivity contribution in [3.8, 4) is 0 Å². The molecule has 2 fully saturated rings. The highest BCUT2D eigenvalue weighted by Gasteiger charge is 2.34. The second kappa shape index (κ2) is 10.7. The van der Waals surface area contributed by atoms with Gasteiger partial charge in [0, 0.05) is 63.5 Å². The van der Waals surface area contributed by atoms with E-state index in [1.54, 1.807) is 39.9 Å². The smallest absolute Gasteiger partial charge is 0.282 e. The van der Waals surface area contributed by atoms with Crippen molar-refractivity contribution in [2.45, 2.75) is 51.5 Å². The molecule has 0 radical (unpaired) electrons. The maximum absolute atomic E-state index is 13.0. The van der Waals surface area contributed by atoms with Crippen molar-refractivity contribution >= 4 is 27.6 Å². The number of nitrogens with zero attached hydrogens (tertiary/aromatic N) is 3. The first-order valence-electron chi connectivity index (χ1n) is 11.1. The molecule has 0 aromatic heterocycles. The van der Waals surface area contributed by atoms with Crippen LogP contribution in [0.3, 0.4) is 0 Å². The van der Waals surface area contributed by atoms with Gasteiger partial charge in [0.25, 0.3) is 10.2 Å². The molecule has 0 unspecified atom stereocenters. The van der Waals surface area contributed by atoms with Gasteiger partial charge in [0.2, 0.25) is 5.91 Å². The van der Waals surface area contributed by atoms with Crippen LogP contribution in [0.4, 0.5) is 5.69 Å². The molecule has 1 amide bonds. The van der Waals surface area contributed by atoms with Crippen LogP contribution in [0.2, 0.25) is 0 Å². The van der Waals surface area contributed by atoms with Gasteiger partial charge in [0.1, 0.15) is 0 Å². The van der Waals surface area contributed by atoms with Gasteiger partial charge in [0.15, 0.2) is 5.78 Å². The maximum Gasteiger partial charge on any atom is 0.282 e. The molecule has 3 rings (SSSR count). The monoisotopic (exact) mass is 450 g/mol. The fourth-order valence-corrected chi connectivity index (χ4v) is 5.85. The average molecular weight is 451 g/mol. The summed E-state index contributed by atoms with van der Waals surface area (Å²) in [4.78, 5) is 25.7. The minimum Gasteiger partial charge on any atom is -0.326 e. The van der Waals surface area contributed by atoms with Crippen LogP contribution in [0.25, 0.3) is 0 Å². The quantitative estimate of drug-likeness (QED) is 0.614. The molecule has 0 atom stereocenters. The first-order chi connectivity index (χ1) is 14.8. The van der Waals surface area contributed by atoms with E-state index in [4.69, 9.17) is 0 Å². The summed E-state index contributed by atoms with van der Waals surface area (Å²) in [5.41, 5.74) is 1.27. The number of nitrogens with one attached hydrogen (secondary N) is 1. The first-order valence-corrected chi connectivity index (χ1v) is 12.5. The number of carbonyl (C=O) groups excluding carboxylic acids is 2. The molecule has 1 N–H and O–H groups in total. The highest BCUT2D eigenvalue weighted by molar-refractivity contribution is 7.86. The molecule has 1 saturated carbocycles. The van der Waals surface area contributed by atoms with E-state index in [-0.39, 0.29) is 17.7 Å². The first kappa shape index (κ1) is 23.8. The lowest BCUT2D eigenvalue weighted by atomic mass is 9.96. The summed E-state index contributed by atoms with van der Waals surface area (Å²) < 4.78 is 29.1. The van der Waals surface area contributed by atoms with Gasteiger partial charge in [-0.2, -0.15) is 17.0 Å². The van der Waals surface area contributed by atoms with Crippen molar-refractivity contribution in [1.29, 1.82) is 0 Å². The average Bonchev–Trinajstić information content (AvgIpc) is 2.78. The van der Waals surface area contributed by atoms with Crippen LogP contribution in [0.1, 0.15) is 55.8 Å². The molecule has 0 bridgehead atoms. The summed E-state index contributed by atoms with van der Waals surface area (Å²) >= 11 is 0. The lowest BCUT2D eigenvalue weighted by Gasteiger charge is -2.38. The van der Waals surface area contributed by atoms with Crippen molar-refractivity contribution in [2.24, 2.45) is 0 Å². The number of rotatable bonds is 8. The van der Waals surface area contributed by atoms with Crippen molar-refractivity contribution < 1.29 is 18.0 Å². The summed E-state index contributed by atoms with van der Waals surface area (Å²) in [6, 6.07) is 6.96. The zero-order chi connectivity index (χ0) is 22.4. The number of Topliss-reactive ketones (excluding diaryl/α,β-unsaturated/α-hetero) is 1. The molecule has 1 heterocycles. The Kier molecular flexibility index (Phi) is 8.21. The highest BCUT2D eigenvalue weighted by atomic mass is 32.2. The molecular weight excluding hydrogens is 416 g/mol. The van der Waals surface area contributed by atoms with Crippen LogP contribution >= 0.6 is 0 Å². The minimum absolute atomic E-state index is 0.0102. The summed E-state index contributed by atoms with van der Waals surface area (Å²) in [6.07, 6.45) is 5.62. The number of anilines is 1. The van der Waals surface area contributed by atoms with Crippen LogP contribution in [0, 0.1) is 0 Å². The number of amides is 1. The lowest BCUT2D eigenvalue weighted by molar-refractivity contribution is -0.116. The Morgan fingerprint density at radius 3 is 2.23 bits per heavy atom. The molecule has 1 saturated heterocycles. The molecule has 1 aliphatic carbocycles. The van der Waals surface area contributed by atoms with Gasteiger partial charge in [-0.1, -0.05) is 19.3 Å². The SMILES string of the molecule is CC(=O)c1ccc(NC(=O)CCN2CCN(S(=O)(=O)N(C)C3CCCCC3)CC2)cc1. The number of ketones is 1. The topological polar surface area (TPSA) is 90.0 Å². The standard InChI is InChI=1S/C22H34N4O4S/c1-18(27)19-8-10-20(11-9-19)23-22(28)12-13-25-14-16-26(17-15-25)31(29,30)24(2)21-6-4-3-5-7-21/h8-11,21H,3-7,12-17H2,1-2H3,(H,23,28). The van der Waals surface area contributed by atoms with Crippen LogP contribution in [0.15, 0.2) is 24.3 Å². The van der Waals surface area contributed by atoms with Gasteiger partial charge in [-0.05, 0) is 44.0 Å². The van der Waals surface area contributed by atoms with Gasteiger partial charge in [0.05, 0.1) is 0 Å². The summed E-state index contributed by atoms with van der Waals surface area (Å²) in [7, 11) is -1.72. The fraction of sp³-hybridized carbons (Fsp3) is 0.636. The molecule has 8 nitrogen and oxygen atoms in total. The molecule has 31 heavy (non-hydrogen) atoms. The second-order valence-electron chi connectivity index (χ2n) is 8.49. The van der Waals surface area contributed by atoms with E-state index in [0.717, 1.165) is 25.7 Å². The molecule has 2 aliphatic rings. The highest BCUT2D eigenvalue weighted by Crippen LogP contribution is 2.25. The Morgan fingerprint density at radius 1 is 1.03 bits per heavy atom. The number of carbonyl (C=O) groups is 2. The van der Waals surface area contributed by atoms with Crippen molar-refractivity contribution in [1.82, 2.24) is 13.5 Å². The Morgan fingerprint density at radius 2 is 1.65 bits per heavy atom. The van der Waals surface area contributed by atoms with Gasteiger partial charge < -0.3 is 10.2 Å². The second-order valence-corrected chi connectivity index (χ2v) is 10.5. The van der Waals surface area contributed by atoms with Crippen molar-refractivity contribution in [3.05, 3.63) is 29.8 Å². The third kappa shape index (κ3) is 6.35. The van der Waals surface area contributed by atoms with Crippen LogP contribution < -0.4 is 5.32 Å². The predicted molar refractivity (Wildman–Crippen MR) is 121 cm³/mol. The van der Waals surface area contributed by atoms with Gasteiger partial charge in [-0.3, -0.25) is 9.59 Å². The summed E-state index contributed by atoms with van der Waals surface area (Å²) in [5.74, 6) is -0.105. The normalized spacial score (nSPS) is 19.5. The van der Waals surface area contributed by atoms with E-state index in [2.05, 4.69) is 10.2 Å². The number of hydrogen-bond acceptors (Lipinski definition) is 5. The van der Waals surface area contributed by atoms with Crippen molar-refractivity contribution in [2.75, 3.05) is 45.1 Å². The number of piperazine rings is 1. The van der Waals surface area contributed by atoms with E-state index >= 15 is 0 Å². The van der Waals surface area contributed by atoms with Crippen LogP contribution in [0.5, 0.6) is 0 Å². The van der Waals surface area contributed by atoms with Crippen LogP contribution in [-0.4, -0.2) is 79.4 Å². The number of benzene rings is 1. The Bertz CT molecular complexity index is 858. The zero-order valence-corrected chi connectivity index (χ0v) is 19.4. The largest absolute Gasteiger partial charge is 0.326 e. The van der Waals surface area contributed by atoms with E-state index in [1.165, 1.54) is 13.3 Å². The summed E-state index contributed by atoms with van der Waals surface area (Å²) in [5, 5.41) is 2.84. The predicted octanol–water partition coefficient (Wildman–Crippen LogP) is 2.34. The molecule has 0 spiro atoms. The molecule has 1 aromatic carbocycles. The van der Waals surface area contributed by atoms with Gasteiger partial charge in [-0.15, -0.1) is 0 Å². The van der Waals surface area contributed by atoms with E-state index in [9.17, 15) is 18.0 Å². The van der Waals surface area contributed by atoms with Gasteiger partial charge in [-0.25, -0.2) is 0 Å². The molecule has 172 valence electrons. The summed E-state index contributed by atoms with van der Waals surface area (Å²) in [6.45, 7) is 4.24. The maximum atomic E-state index is 13.0. The van der Waals surface area contributed by atoms with E-state index in [1.807, 2.05) is 0 Å². The van der Waals surface area contributed by atoms with E-state index < -0.39 is 10.2 Å². The zero-order valence-electron chi connectivity index (χ0n) is 18.5. The molecule has 9 heteroatoms. The Hall–Kier alpha value is -1.81. The molecule has 1 aliphatic heterocycles. The van der Waals surface area contributed by atoms with Crippen molar-refractivity contribution in [3.63, 3.8) is 0 Å². The Balaban J connectivity index is 1.42. The third-order valence-corrected chi connectivity index (χ3v) is 8.38. The van der Waals surface area contributed by atoms with Gasteiger partial charge >= 0.3 is 0 Å². The molecular formula is C22H34N4O4S.